The maximum atomic E-state index is 11.2. The molecule has 33 valence electrons. The molecule has 0 aliphatic rings. The van der Waals surface area contributed by atoms with Gasteiger partial charge in [-0.1, -0.05) is 0 Å². The van der Waals surface area contributed by atoms with Crippen LogP contribution in [0.3, 0.4) is 0 Å². The van der Waals surface area contributed by atoms with Gasteiger partial charge in [0.1, 0.15) is 0 Å². The van der Waals surface area contributed by atoms with Crippen LogP contribution in [0.5, 0.6) is 0 Å². The summed E-state index contributed by atoms with van der Waals surface area (Å²) in [6.07, 6.45) is 5.85. The van der Waals surface area contributed by atoms with Crippen LogP contribution in [0.15, 0.2) is 0 Å². The van der Waals surface area contributed by atoms with Crippen molar-refractivity contribution in [2.24, 2.45) is 0 Å². The van der Waals surface area contributed by atoms with Gasteiger partial charge >= 0.3 is 5.92 Å². The summed E-state index contributed by atoms with van der Waals surface area (Å²) in [7, 11) is 0. The Hall–Kier alpha value is -0.580. The van der Waals surface area contributed by atoms with Gasteiger partial charge in [-0.05, 0) is 12.3 Å². The maximum absolute atomic E-state index is 11.2. The van der Waals surface area contributed by atoms with E-state index in [1.54, 1.807) is 0 Å². The third kappa shape index (κ3) is 3.42. The predicted octanol–water partition coefficient (Wildman–Crippen LogP) is 1.23. The number of rotatable bonds is 0. The lowest BCUT2D eigenvalue weighted by Gasteiger charge is -1.93. The Kier molecular flexibility index (Phi) is 1.13. The molecule has 2 heteroatoms. The molecule has 0 aromatic heterocycles. The van der Waals surface area contributed by atoms with Gasteiger partial charge in [-0.3, -0.25) is 0 Å². The van der Waals surface area contributed by atoms with Crippen LogP contribution in [0.2, 0.25) is 0 Å². The predicted molar refractivity (Wildman–Crippen MR) is 17.8 cm³/mol. The second-order valence-electron chi connectivity index (χ2n) is 1.01. The standard InChI is InChI=1S/C4H3F2/c1-3-4(2,5)6/h2H3. The van der Waals surface area contributed by atoms with E-state index in [2.05, 4.69) is 0 Å². The second kappa shape index (κ2) is 1.25. The second-order valence-corrected chi connectivity index (χ2v) is 1.01. The lowest BCUT2D eigenvalue weighted by Crippen LogP contribution is -2.02. The van der Waals surface area contributed by atoms with Crippen molar-refractivity contribution in [2.75, 3.05) is 0 Å². The zero-order chi connectivity index (χ0) is 5.21. The SMILES string of the molecule is [C]#CC(C)(F)F. The molecule has 0 N–H and O–H groups in total. The van der Waals surface area contributed by atoms with Gasteiger partial charge < -0.3 is 0 Å². The van der Waals surface area contributed by atoms with E-state index in [1.165, 1.54) is 0 Å². The fourth-order valence-electron chi connectivity index (χ4n) is 0. The highest BCUT2D eigenvalue weighted by Gasteiger charge is 2.14. The summed E-state index contributed by atoms with van der Waals surface area (Å²) in [4.78, 5) is 0. The van der Waals surface area contributed by atoms with Crippen molar-refractivity contribution in [1.29, 1.82) is 0 Å². The molecule has 1 radical (unpaired) electrons. The molecule has 6 heavy (non-hydrogen) atoms. The molecule has 0 aliphatic heterocycles. The topological polar surface area (TPSA) is 0 Å². The maximum Gasteiger partial charge on any atom is 0.306 e. The molecule has 0 spiro atoms. The van der Waals surface area contributed by atoms with Crippen molar-refractivity contribution in [2.45, 2.75) is 12.8 Å². The summed E-state index contributed by atoms with van der Waals surface area (Å²) in [5.74, 6) is -2.02. The molecule has 0 bridgehead atoms. The molecule has 0 nitrogen and oxygen atoms in total. The normalized spacial score (nSPS) is 10.3. The number of halogens is 2. The molecule has 0 heterocycles. The van der Waals surface area contributed by atoms with Gasteiger partial charge in [0, 0.05) is 6.92 Å². The van der Waals surface area contributed by atoms with E-state index in [4.69, 9.17) is 6.42 Å². The molecule has 0 saturated carbocycles. The van der Waals surface area contributed by atoms with E-state index in [0.29, 0.717) is 6.92 Å². The molecule has 0 fully saturated rings. The molecule has 0 rings (SSSR count). The van der Waals surface area contributed by atoms with E-state index in [1.807, 2.05) is 0 Å². The average Bonchev–Trinajstić information content (AvgIpc) is 1.35. The van der Waals surface area contributed by atoms with Crippen molar-refractivity contribution < 1.29 is 8.78 Å². The highest BCUT2D eigenvalue weighted by molar-refractivity contribution is 4.90. The fourth-order valence-corrected chi connectivity index (χ4v) is 0. The molecular formula is C4H3F2. The first-order valence-electron chi connectivity index (χ1n) is 1.38. The van der Waals surface area contributed by atoms with Crippen molar-refractivity contribution in [3.63, 3.8) is 0 Å². The van der Waals surface area contributed by atoms with Gasteiger partial charge in [0.25, 0.3) is 0 Å². The van der Waals surface area contributed by atoms with E-state index in [9.17, 15) is 8.78 Å². The Balaban J connectivity index is 3.55. The Labute approximate surface area is 35.2 Å². The lowest BCUT2D eigenvalue weighted by molar-refractivity contribution is 0.0887. The summed E-state index contributed by atoms with van der Waals surface area (Å²) >= 11 is 0. The van der Waals surface area contributed by atoms with Gasteiger partial charge in [0.05, 0.1) is 0 Å². The molecular weight excluding hydrogens is 86.0 g/mol. The summed E-state index contributed by atoms with van der Waals surface area (Å²) in [6, 6.07) is 0. The number of hydrogen-bond donors (Lipinski definition) is 0. The van der Waals surface area contributed by atoms with Crippen molar-refractivity contribution in [3.05, 3.63) is 6.42 Å². The van der Waals surface area contributed by atoms with Gasteiger partial charge in [0.15, 0.2) is 0 Å². The molecule has 0 aromatic carbocycles. The quantitative estimate of drug-likeness (QED) is 0.391. The Bertz CT molecular complexity index is 72.5. The smallest absolute Gasteiger partial charge is 0.192 e. The van der Waals surface area contributed by atoms with Crippen LogP contribution in [0.1, 0.15) is 6.92 Å². The van der Waals surface area contributed by atoms with Crippen LogP contribution in [0.25, 0.3) is 0 Å². The highest BCUT2D eigenvalue weighted by atomic mass is 19.3. The lowest BCUT2D eigenvalue weighted by atomic mass is 10.4. The molecule has 0 aliphatic carbocycles. The van der Waals surface area contributed by atoms with Gasteiger partial charge in [0.2, 0.25) is 0 Å². The summed E-state index contributed by atoms with van der Waals surface area (Å²) in [5, 5.41) is 0. The molecule has 0 atom stereocenters. The molecule has 0 aromatic rings. The van der Waals surface area contributed by atoms with Crippen molar-refractivity contribution in [3.8, 4) is 5.92 Å². The first kappa shape index (κ1) is 5.42. The van der Waals surface area contributed by atoms with Crippen molar-refractivity contribution in [1.82, 2.24) is 0 Å². The third-order valence-corrected chi connectivity index (χ3v) is 0.219. The van der Waals surface area contributed by atoms with Crippen LogP contribution < -0.4 is 0 Å². The fraction of sp³-hybridized carbons (Fsp3) is 0.500. The first-order valence-corrected chi connectivity index (χ1v) is 1.38. The minimum Gasteiger partial charge on any atom is -0.192 e. The largest absolute Gasteiger partial charge is 0.306 e. The number of hydrogen-bond acceptors (Lipinski definition) is 0. The van der Waals surface area contributed by atoms with Crippen molar-refractivity contribution >= 4 is 0 Å². The third-order valence-electron chi connectivity index (χ3n) is 0.219. The molecule has 0 saturated heterocycles. The first-order chi connectivity index (χ1) is 2.56. The van der Waals surface area contributed by atoms with Gasteiger partial charge in [-0.15, -0.1) is 0 Å². The minimum atomic E-state index is -3.04. The summed E-state index contributed by atoms with van der Waals surface area (Å²) in [6.45, 7) is 0.611. The monoisotopic (exact) mass is 89.0 g/mol. The molecule has 0 amide bonds. The number of alkyl halides is 2. The zero-order valence-electron chi connectivity index (χ0n) is 3.26. The summed E-state index contributed by atoms with van der Waals surface area (Å²) in [5.41, 5.74) is 0. The zero-order valence-corrected chi connectivity index (χ0v) is 3.26. The van der Waals surface area contributed by atoms with Gasteiger partial charge in [-0.25, -0.2) is 0 Å². The van der Waals surface area contributed by atoms with E-state index in [-0.39, 0.29) is 0 Å². The van der Waals surface area contributed by atoms with Crippen LogP contribution >= 0.6 is 0 Å². The van der Waals surface area contributed by atoms with Gasteiger partial charge in [-0.2, -0.15) is 8.78 Å². The molecule has 0 unspecified atom stereocenters. The Morgan fingerprint density at radius 2 is 1.83 bits per heavy atom. The van der Waals surface area contributed by atoms with E-state index < -0.39 is 5.92 Å². The summed E-state index contributed by atoms with van der Waals surface area (Å²) < 4.78 is 22.3. The van der Waals surface area contributed by atoms with Crippen LogP contribution in [-0.2, 0) is 0 Å². The Morgan fingerprint density at radius 3 is 1.83 bits per heavy atom. The van der Waals surface area contributed by atoms with E-state index in [0.717, 1.165) is 5.92 Å². The average molecular weight is 89.1 g/mol. The minimum absolute atomic E-state index is 0.611. The van der Waals surface area contributed by atoms with Crippen LogP contribution in [0.4, 0.5) is 8.78 Å². The van der Waals surface area contributed by atoms with Crippen LogP contribution in [-0.4, -0.2) is 5.92 Å². The highest BCUT2D eigenvalue weighted by Crippen LogP contribution is 2.06. The Morgan fingerprint density at radius 1 is 1.67 bits per heavy atom. The van der Waals surface area contributed by atoms with Crippen LogP contribution in [0, 0.1) is 12.3 Å². The van der Waals surface area contributed by atoms with E-state index >= 15 is 0 Å².